The molecule has 0 radical (unpaired) electrons. The molecule has 6 nitrogen and oxygen atoms in total. The molecular weight excluding hydrogens is 256 g/mol. The second-order valence-corrected chi connectivity index (χ2v) is 4.15. The van der Waals surface area contributed by atoms with E-state index in [4.69, 9.17) is 5.73 Å². The van der Waals surface area contributed by atoms with Crippen LogP contribution in [0.4, 0.5) is 5.69 Å². The number of nitrogens with one attached hydrogen (secondary N) is 3. The quantitative estimate of drug-likeness (QED) is 0.600. The van der Waals surface area contributed by atoms with Gasteiger partial charge in [0.05, 0.1) is 6.54 Å². The number of aromatic nitrogens is 2. The summed E-state index contributed by atoms with van der Waals surface area (Å²) in [5, 5.41) is 2.73. The first-order chi connectivity index (χ1) is 9.60. The molecule has 1 aromatic carbocycles. The zero-order valence-corrected chi connectivity index (χ0v) is 10.9. The van der Waals surface area contributed by atoms with Gasteiger partial charge in [-0.3, -0.25) is 4.79 Å². The Balaban J connectivity index is 2.24. The summed E-state index contributed by atoms with van der Waals surface area (Å²) in [5.74, 6) is 5.26. The van der Waals surface area contributed by atoms with E-state index in [-0.39, 0.29) is 12.2 Å². The molecule has 6 heteroatoms. The van der Waals surface area contributed by atoms with Crippen molar-refractivity contribution in [3.8, 4) is 11.8 Å². The van der Waals surface area contributed by atoms with Gasteiger partial charge < -0.3 is 21.0 Å². The molecule has 1 heterocycles. The highest BCUT2D eigenvalue weighted by Crippen LogP contribution is 2.17. The van der Waals surface area contributed by atoms with Crippen molar-refractivity contribution in [1.29, 1.82) is 0 Å². The predicted octanol–water partition coefficient (Wildman–Crippen LogP) is 0.574. The van der Waals surface area contributed by atoms with Gasteiger partial charge in [-0.2, -0.15) is 0 Å². The molecule has 0 saturated carbocycles. The fourth-order valence-electron chi connectivity index (χ4n) is 1.63. The van der Waals surface area contributed by atoms with E-state index in [1.54, 1.807) is 6.07 Å². The number of benzene rings is 1. The lowest BCUT2D eigenvalue weighted by atomic mass is 10.1. The Bertz CT molecular complexity index is 746. The van der Waals surface area contributed by atoms with Crippen LogP contribution >= 0.6 is 0 Å². The Hall–Kier alpha value is -2.78. The SMILES string of the molecule is Cc1ccc(C#CCN)cc1NC(=O)c1c[nH]c(=O)[nH]1. The average molecular weight is 270 g/mol. The van der Waals surface area contributed by atoms with Crippen LogP contribution in [0.1, 0.15) is 21.6 Å². The second-order valence-electron chi connectivity index (χ2n) is 4.15. The molecule has 0 fully saturated rings. The van der Waals surface area contributed by atoms with Crippen molar-refractivity contribution < 1.29 is 4.79 Å². The lowest BCUT2D eigenvalue weighted by Crippen LogP contribution is -2.14. The summed E-state index contributed by atoms with van der Waals surface area (Å²) in [7, 11) is 0. The van der Waals surface area contributed by atoms with Gasteiger partial charge in [0.15, 0.2) is 0 Å². The minimum absolute atomic E-state index is 0.174. The van der Waals surface area contributed by atoms with Gasteiger partial charge in [-0.25, -0.2) is 4.79 Å². The van der Waals surface area contributed by atoms with Crippen molar-refractivity contribution in [2.45, 2.75) is 6.92 Å². The van der Waals surface area contributed by atoms with Gasteiger partial charge >= 0.3 is 5.69 Å². The Morgan fingerprint density at radius 1 is 1.45 bits per heavy atom. The first-order valence-corrected chi connectivity index (χ1v) is 5.99. The monoisotopic (exact) mass is 270 g/mol. The molecule has 1 amide bonds. The number of amides is 1. The number of carbonyl (C=O) groups is 1. The molecule has 0 aliphatic carbocycles. The molecule has 0 bridgehead atoms. The summed E-state index contributed by atoms with van der Waals surface area (Å²) in [5.41, 5.74) is 7.38. The smallest absolute Gasteiger partial charge is 0.320 e. The van der Waals surface area contributed by atoms with E-state index in [9.17, 15) is 9.59 Å². The molecule has 5 N–H and O–H groups in total. The summed E-state index contributed by atoms with van der Waals surface area (Å²) in [6.45, 7) is 2.15. The zero-order chi connectivity index (χ0) is 14.5. The number of anilines is 1. The van der Waals surface area contributed by atoms with Gasteiger partial charge in [-0.15, -0.1) is 0 Å². The lowest BCUT2D eigenvalue weighted by molar-refractivity contribution is 0.102. The number of rotatable bonds is 2. The lowest BCUT2D eigenvalue weighted by Gasteiger charge is -2.07. The molecule has 2 aromatic rings. The fourth-order valence-corrected chi connectivity index (χ4v) is 1.63. The van der Waals surface area contributed by atoms with E-state index in [2.05, 4.69) is 27.1 Å². The van der Waals surface area contributed by atoms with Crippen LogP contribution in [-0.4, -0.2) is 22.4 Å². The molecule has 102 valence electrons. The zero-order valence-electron chi connectivity index (χ0n) is 10.9. The number of nitrogens with two attached hydrogens (primary N) is 1. The minimum Gasteiger partial charge on any atom is -0.320 e. The molecule has 0 aliphatic heterocycles. The summed E-state index contributed by atoms with van der Waals surface area (Å²) in [6.07, 6.45) is 1.32. The average Bonchev–Trinajstić information content (AvgIpc) is 2.86. The topological polar surface area (TPSA) is 104 Å². The highest BCUT2D eigenvalue weighted by Gasteiger charge is 2.09. The summed E-state index contributed by atoms with van der Waals surface area (Å²) in [6, 6.07) is 5.47. The third-order valence-electron chi connectivity index (χ3n) is 2.66. The summed E-state index contributed by atoms with van der Waals surface area (Å²) in [4.78, 5) is 27.7. The van der Waals surface area contributed by atoms with Crippen molar-refractivity contribution in [3.63, 3.8) is 0 Å². The molecule has 20 heavy (non-hydrogen) atoms. The first kappa shape index (κ1) is 13.6. The standard InChI is InChI=1S/C14H14N4O2/c1-9-4-5-10(3-2-6-15)7-11(9)17-13(19)12-8-16-14(20)18-12/h4-5,7-8H,6,15H2,1H3,(H,17,19)(H2,16,18,20). The highest BCUT2D eigenvalue weighted by atomic mass is 16.2. The van der Waals surface area contributed by atoms with Crippen LogP contribution in [0.2, 0.25) is 0 Å². The third-order valence-corrected chi connectivity index (χ3v) is 2.66. The van der Waals surface area contributed by atoms with Crippen LogP contribution in [-0.2, 0) is 0 Å². The Morgan fingerprint density at radius 2 is 2.25 bits per heavy atom. The van der Waals surface area contributed by atoms with Crippen LogP contribution in [0.15, 0.2) is 29.2 Å². The number of imidazole rings is 1. The number of aromatic amines is 2. The van der Waals surface area contributed by atoms with E-state index in [1.807, 2.05) is 19.1 Å². The predicted molar refractivity (Wildman–Crippen MR) is 76.5 cm³/mol. The molecule has 0 unspecified atom stereocenters. The van der Waals surface area contributed by atoms with Crippen LogP contribution in [0.25, 0.3) is 0 Å². The van der Waals surface area contributed by atoms with Gasteiger partial charge in [0, 0.05) is 17.4 Å². The van der Waals surface area contributed by atoms with Gasteiger partial charge in [0.1, 0.15) is 5.69 Å². The van der Waals surface area contributed by atoms with E-state index in [0.717, 1.165) is 11.1 Å². The molecule has 0 aliphatic rings. The number of H-pyrrole nitrogens is 2. The largest absolute Gasteiger partial charge is 0.323 e. The van der Waals surface area contributed by atoms with Crippen LogP contribution in [0.5, 0.6) is 0 Å². The Labute approximate surface area is 115 Å². The van der Waals surface area contributed by atoms with Crippen molar-refractivity contribution in [3.05, 3.63) is 51.7 Å². The fraction of sp³-hybridized carbons (Fsp3) is 0.143. The maximum absolute atomic E-state index is 11.9. The van der Waals surface area contributed by atoms with E-state index < -0.39 is 11.6 Å². The van der Waals surface area contributed by atoms with Gasteiger partial charge in [-0.05, 0) is 24.6 Å². The van der Waals surface area contributed by atoms with Crippen molar-refractivity contribution in [2.75, 3.05) is 11.9 Å². The number of aryl methyl sites for hydroxylation is 1. The van der Waals surface area contributed by atoms with Gasteiger partial charge in [-0.1, -0.05) is 17.9 Å². The van der Waals surface area contributed by atoms with Crippen molar-refractivity contribution in [1.82, 2.24) is 9.97 Å². The molecular formula is C14H14N4O2. The highest BCUT2D eigenvalue weighted by molar-refractivity contribution is 6.03. The molecule has 1 aromatic heterocycles. The Morgan fingerprint density at radius 3 is 2.90 bits per heavy atom. The molecule has 0 atom stereocenters. The van der Waals surface area contributed by atoms with Gasteiger partial charge in [0.2, 0.25) is 0 Å². The number of carbonyl (C=O) groups excluding carboxylic acids is 1. The number of hydrogen-bond acceptors (Lipinski definition) is 3. The normalized spacial score (nSPS) is 9.70. The minimum atomic E-state index is -0.422. The van der Waals surface area contributed by atoms with Gasteiger partial charge in [0.25, 0.3) is 5.91 Å². The summed E-state index contributed by atoms with van der Waals surface area (Å²) >= 11 is 0. The maximum Gasteiger partial charge on any atom is 0.323 e. The Kier molecular flexibility index (Phi) is 4.03. The van der Waals surface area contributed by atoms with E-state index >= 15 is 0 Å². The van der Waals surface area contributed by atoms with Crippen LogP contribution in [0.3, 0.4) is 0 Å². The summed E-state index contributed by atoms with van der Waals surface area (Å²) < 4.78 is 0. The maximum atomic E-state index is 11.9. The van der Waals surface area contributed by atoms with Crippen LogP contribution < -0.4 is 16.7 Å². The third kappa shape index (κ3) is 3.16. The van der Waals surface area contributed by atoms with Crippen molar-refractivity contribution in [2.24, 2.45) is 5.73 Å². The van der Waals surface area contributed by atoms with E-state index in [1.165, 1.54) is 6.20 Å². The molecule has 2 rings (SSSR count). The molecule has 0 saturated heterocycles. The van der Waals surface area contributed by atoms with E-state index in [0.29, 0.717) is 5.69 Å². The number of hydrogen-bond donors (Lipinski definition) is 4. The first-order valence-electron chi connectivity index (χ1n) is 5.99. The van der Waals surface area contributed by atoms with Crippen molar-refractivity contribution >= 4 is 11.6 Å². The second kappa shape index (κ2) is 5.91. The van der Waals surface area contributed by atoms with Crippen LogP contribution in [0, 0.1) is 18.8 Å². The molecule has 0 spiro atoms.